The summed E-state index contributed by atoms with van der Waals surface area (Å²) in [5, 5.41) is 1.61. The van der Waals surface area contributed by atoms with E-state index >= 15 is 0 Å². The third kappa shape index (κ3) is 1.91. The molecule has 0 radical (unpaired) electrons. The lowest BCUT2D eigenvalue weighted by molar-refractivity contribution is 1.31. The van der Waals surface area contributed by atoms with Crippen LogP contribution in [0.5, 0.6) is 0 Å². The zero-order chi connectivity index (χ0) is 12.5. The second-order valence-electron chi connectivity index (χ2n) is 4.11. The quantitative estimate of drug-likeness (QED) is 0.704. The van der Waals surface area contributed by atoms with Crippen LogP contribution in [0.3, 0.4) is 0 Å². The summed E-state index contributed by atoms with van der Waals surface area (Å²) in [5.41, 5.74) is 2.67. The third-order valence-electron chi connectivity index (χ3n) is 2.90. The second-order valence-corrected chi connectivity index (χ2v) is 4.52. The summed E-state index contributed by atoms with van der Waals surface area (Å²) >= 11 is 6.27. The molecule has 3 heteroatoms. The molecule has 0 fully saturated rings. The first-order chi connectivity index (χ1) is 8.74. The number of aromatic nitrogens is 1. The van der Waals surface area contributed by atoms with Gasteiger partial charge in [0.2, 0.25) is 5.56 Å². The summed E-state index contributed by atoms with van der Waals surface area (Å²) in [7, 11) is 0. The van der Waals surface area contributed by atoms with Crippen LogP contribution in [0.1, 0.15) is 0 Å². The fourth-order valence-corrected chi connectivity index (χ4v) is 2.29. The van der Waals surface area contributed by atoms with Gasteiger partial charge in [0.1, 0.15) is 0 Å². The van der Waals surface area contributed by atoms with Gasteiger partial charge in [-0.2, -0.15) is 0 Å². The van der Waals surface area contributed by atoms with Crippen LogP contribution in [0, 0.1) is 0 Å². The highest BCUT2D eigenvalue weighted by Gasteiger charge is 2.05. The summed E-state index contributed by atoms with van der Waals surface area (Å²) in [5.74, 6) is 0. The highest BCUT2D eigenvalue weighted by Crippen LogP contribution is 2.30. The molecule has 0 atom stereocenters. The van der Waals surface area contributed by atoms with Crippen molar-refractivity contribution in [2.75, 3.05) is 0 Å². The molecule has 18 heavy (non-hydrogen) atoms. The summed E-state index contributed by atoms with van der Waals surface area (Å²) in [4.78, 5) is 14.0. The van der Waals surface area contributed by atoms with Crippen molar-refractivity contribution in [2.45, 2.75) is 0 Å². The van der Waals surface area contributed by atoms with Crippen LogP contribution in [0.15, 0.2) is 59.4 Å². The van der Waals surface area contributed by atoms with Crippen LogP contribution < -0.4 is 5.56 Å². The standard InChI is InChI=1S/C15H10ClNO/c16-13-9-14-11(6-7-15(18)17-14)8-12(13)10-4-2-1-3-5-10/h1-9H,(H,17,18). The van der Waals surface area contributed by atoms with Crippen molar-refractivity contribution in [1.29, 1.82) is 0 Å². The van der Waals surface area contributed by atoms with E-state index in [0.717, 1.165) is 22.0 Å². The highest BCUT2D eigenvalue weighted by molar-refractivity contribution is 6.34. The number of rotatable bonds is 1. The van der Waals surface area contributed by atoms with Gasteiger partial charge in [-0.3, -0.25) is 4.79 Å². The first-order valence-corrected chi connectivity index (χ1v) is 6.00. The molecule has 0 spiro atoms. The molecule has 0 amide bonds. The van der Waals surface area contributed by atoms with E-state index in [2.05, 4.69) is 4.98 Å². The number of hydrogen-bond acceptors (Lipinski definition) is 1. The molecule has 2 nitrogen and oxygen atoms in total. The Morgan fingerprint density at radius 3 is 2.50 bits per heavy atom. The maximum Gasteiger partial charge on any atom is 0.248 e. The van der Waals surface area contributed by atoms with Crippen LogP contribution in [0.25, 0.3) is 22.0 Å². The Morgan fingerprint density at radius 1 is 0.944 bits per heavy atom. The number of aromatic amines is 1. The van der Waals surface area contributed by atoms with Crippen molar-refractivity contribution in [3.8, 4) is 11.1 Å². The monoisotopic (exact) mass is 255 g/mol. The molecule has 0 aliphatic rings. The van der Waals surface area contributed by atoms with Gasteiger partial charge in [-0.25, -0.2) is 0 Å². The zero-order valence-electron chi connectivity index (χ0n) is 9.48. The summed E-state index contributed by atoms with van der Waals surface area (Å²) in [6.07, 6.45) is 0. The molecule has 88 valence electrons. The van der Waals surface area contributed by atoms with Gasteiger partial charge in [0, 0.05) is 17.1 Å². The topological polar surface area (TPSA) is 32.9 Å². The van der Waals surface area contributed by atoms with Gasteiger partial charge in [0.15, 0.2) is 0 Å². The number of hydrogen-bond donors (Lipinski definition) is 1. The number of halogens is 1. The Kier molecular flexibility index (Phi) is 2.65. The van der Waals surface area contributed by atoms with Crippen molar-refractivity contribution in [3.05, 3.63) is 70.0 Å². The number of pyridine rings is 1. The average molecular weight is 256 g/mol. The predicted molar refractivity (Wildman–Crippen MR) is 75.0 cm³/mol. The van der Waals surface area contributed by atoms with Gasteiger partial charge in [-0.05, 0) is 29.1 Å². The summed E-state index contributed by atoms with van der Waals surface area (Å²) < 4.78 is 0. The molecule has 1 aromatic heterocycles. The maximum absolute atomic E-state index is 11.3. The van der Waals surface area contributed by atoms with Crippen LogP contribution in [-0.2, 0) is 0 Å². The minimum atomic E-state index is -0.119. The molecule has 0 bridgehead atoms. The highest BCUT2D eigenvalue weighted by atomic mass is 35.5. The number of benzene rings is 2. The molecular weight excluding hydrogens is 246 g/mol. The number of fused-ring (bicyclic) bond motifs is 1. The Hall–Kier alpha value is -2.06. The van der Waals surface area contributed by atoms with E-state index in [1.807, 2.05) is 36.4 Å². The van der Waals surface area contributed by atoms with Gasteiger partial charge in [0.05, 0.1) is 5.02 Å². The van der Waals surface area contributed by atoms with E-state index in [1.165, 1.54) is 6.07 Å². The molecule has 1 N–H and O–H groups in total. The molecule has 0 saturated heterocycles. The van der Waals surface area contributed by atoms with E-state index in [9.17, 15) is 4.79 Å². The Balaban J connectivity index is 2.29. The lowest BCUT2D eigenvalue weighted by Crippen LogP contribution is -2.02. The molecule has 0 unspecified atom stereocenters. The van der Waals surface area contributed by atoms with Gasteiger partial charge >= 0.3 is 0 Å². The van der Waals surface area contributed by atoms with Crippen molar-refractivity contribution < 1.29 is 0 Å². The average Bonchev–Trinajstić information content (AvgIpc) is 2.39. The molecule has 3 rings (SSSR count). The van der Waals surface area contributed by atoms with Crippen LogP contribution >= 0.6 is 11.6 Å². The van der Waals surface area contributed by atoms with E-state index in [4.69, 9.17) is 11.6 Å². The van der Waals surface area contributed by atoms with Crippen molar-refractivity contribution >= 4 is 22.5 Å². The van der Waals surface area contributed by atoms with Crippen molar-refractivity contribution in [2.24, 2.45) is 0 Å². The van der Waals surface area contributed by atoms with E-state index < -0.39 is 0 Å². The SMILES string of the molecule is O=c1ccc2cc(-c3ccccc3)c(Cl)cc2[nH]1. The number of H-pyrrole nitrogens is 1. The van der Waals surface area contributed by atoms with Gasteiger partial charge in [-0.1, -0.05) is 41.9 Å². The Bertz CT molecular complexity index is 762. The molecule has 1 heterocycles. The van der Waals surface area contributed by atoms with Gasteiger partial charge < -0.3 is 4.98 Å². The fraction of sp³-hybridized carbons (Fsp3) is 0. The van der Waals surface area contributed by atoms with E-state index in [1.54, 1.807) is 12.1 Å². The summed E-state index contributed by atoms with van der Waals surface area (Å²) in [6.45, 7) is 0. The van der Waals surface area contributed by atoms with Gasteiger partial charge in [-0.15, -0.1) is 0 Å². The number of nitrogens with one attached hydrogen (secondary N) is 1. The second kappa shape index (κ2) is 4.31. The fourth-order valence-electron chi connectivity index (χ4n) is 2.01. The van der Waals surface area contributed by atoms with E-state index in [-0.39, 0.29) is 5.56 Å². The minimum absolute atomic E-state index is 0.119. The lowest BCUT2D eigenvalue weighted by atomic mass is 10.0. The Morgan fingerprint density at radius 2 is 1.72 bits per heavy atom. The molecule has 3 aromatic rings. The smallest absolute Gasteiger partial charge is 0.248 e. The van der Waals surface area contributed by atoms with Crippen LogP contribution in [0.2, 0.25) is 5.02 Å². The first-order valence-electron chi connectivity index (χ1n) is 5.62. The maximum atomic E-state index is 11.3. The third-order valence-corrected chi connectivity index (χ3v) is 3.21. The van der Waals surface area contributed by atoms with Gasteiger partial charge in [0.25, 0.3) is 0 Å². The van der Waals surface area contributed by atoms with Crippen molar-refractivity contribution in [1.82, 2.24) is 4.98 Å². The largest absolute Gasteiger partial charge is 0.322 e. The molecule has 0 saturated carbocycles. The zero-order valence-corrected chi connectivity index (χ0v) is 10.2. The predicted octanol–water partition coefficient (Wildman–Crippen LogP) is 3.85. The molecule has 0 aliphatic carbocycles. The minimum Gasteiger partial charge on any atom is -0.322 e. The lowest BCUT2D eigenvalue weighted by Gasteiger charge is -2.06. The van der Waals surface area contributed by atoms with E-state index in [0.29, 0.717) is 5.02 Å². The molecule has 2 aromatic carbocycles. The summed E-state index contributed by atoms with van der Waals surface area (Å²) in [6, 6.07) is 17.0. The Labute approximate surface area is 109 Å². The van der Waals surface area contributed by atoms with Crippen LogP contribution in [0.4, 0.5) is 0 Å². The van der Waals surface area contributed by atoms with Crippen molar-refractivity contribution in [3.63, 3.8) is 0 Å². The normalized spacial score (nSPS) is 10.7. The van der Waals surface area contributed by atoms with Crippen LogP contribution in [-0.4, -0.2) is 4.98 Å². The molecular formula is C15H10ClNO. The molecule has 0 aliphatic heterocycles. The first kappa shape index (κ1) is 11.1.